The minimum absolute atomic E-state index is 0.110. The van der Waals surface area contributed by atoms with Crippen LogP contribution in [0.4, 0.5) is 5.13 Å². The minimum Gasteiger partial charge on any atom is -0.360 e. The Bertz CT molecular complexity index is 1350. The van der Waals surface area contributed by atoms with Crippen LogP contribution in [0.5, 0.6) is 0 Å². The van der Waals surface area contributed by atoms with Gasteiger partial charge in [0, 0.05) is 47.1 Å². The van der Waals surface area contributed by atoms with Crippen molar-refractivity contribution in [2.45, 2.75) is 17.7 Å². The summed E-state index contributed by atoms with van der Waals surface area (Å²) < 4.78 is 27.0. The average Bonchev–Trinajstić information content (AvgIpc) is 3.46. The van der Waals surface area contributed by atoms with Crippen molar-refractivity contribution in [2.24, 2.45) is 5.92 Å². The van der Waals surface area contributed by atoms with Gasteiger partial charge < -0.3 is 10.3 Å². The molecule has 1 aliphatic heterocycles. The molecule has 3 heterocycles. The number of hydrogen-bond acceptors (Lipinski definition) is 5. The first-order valence-corrected chi connectivity index (χ1v) is 12.7. The Morgan fingerprint density at radius 1 is 1.06 bits per heavy atom. The molecule has 0 radical (unpaired) electrons. The van der Waals surface area contributed by atoms with E-state index in [0.29, 0.717) is 31.1 Å². The predicted octanol–water partition coefficient (Wildman–Crippen LogP) is 4.33. The molecule has 9 heteroatoms. The molecule has 1 aliphatic rings. The summed E-state index contributed by atoms with van der Waals surface area (Å²) in [5.41, 5.74) is 2.85. The lowest BCUT2D eigenvalue weighted by atomic mass is 9.97. The first-order valence-electron chi connectivity index (χ1n) is 10.4. The number of nitrogens with zero attached hydrogens (tertiary/aromatic N) is 2. The van der Waals surface area contributed by atoms with Gasteiger partial charge in [-0.3, -0.25) is 4.79 Å². The minimum atomic E-state index is -3.52. The van der Waals surface area contributed by atoms with E-state index in [1.807, 2.05) is 35.8 Å². The van der Waals surface area contributed by atoms with E-state index in [9.17, 15) is 13.2 Å². The Balaban J connectivity index is 1.23. The van der Waals surface area contributed by atoms with Gasteiger partial charge >= 0.3 is 0 Å². The molecule has 0 saturated carbocycles. The molecule has 1 amide bonds. The second kappa shape index (κ2) is 8.50. The second-order valence-corrected chi connectivity index (χ2v) is 10.6. The van der Waals surface area contributed by atoms with E-state index in [2.05, 4.69) is 15.3 Å². The largest absolute Gasteiger partial charge is 0.360 e. The predicted molar refractivity (Wildman–Crippen MR) is 126 cm³/mol. The highest BCUT2D eigenvalue weighted by Crippen LogP contribution is 2.31. The van der Waals surface area contributed by atoms with Crippen LogP contribution in [-0.4, -0.2) is 41.7 Å². The van der Waals surface area contributed by atoms with E-state index in [1.165, 1.54) is 15.6 Å². The summed E-state index contributed by atoms with van der Waals surface area (Å²) in [6.45, 7) is 0.654. The molecule has 0 atom stereocenters. The molecule has 0 spiro atoms. The zero-order chi connectivity index (χ0) is 22.1. The molecule has 0 bridgehead atoms. The van der Waals surface area contributed by atoms with Crippen molar-refractivity contribution in [3.63, 3.8) is 0 Å². The first-order chi connectivity index (χ1) is 15.5. The van der Waals surface area contributed by atoms with Gasteiger partial charge in [-0.15, -0.1) is 11.3 Å². The average molecular weight is 467 g/mol. The Morgan fingerprint density at radius 2 is 1.78 bits per heavy atom. The molecule has 2 N–H and O–H groups in total. The van der Waals surface area contributed by atoms with Gasteiger partial charge in [-0.05, 0) is 31.0 Å². The molecule has 7 nitrogen and oxygen atoms in total. The quantitative estimate of drug-likeness (QED) is 0.458. The molecule has 5 rings (SSSR count). The van der Waals surface area contributed by atoms with Gasteiger partial charge in [0.25, 0.3) is 0 Å². The van der Waals surface area contributed by atoms with Crippen LogP contribution in [0.15, 0.2) is 71.1 Å². The van der Waals surface area contributed by atoms with Gasteiger partial charge in [0.05, 0.1) is 10.6 Å². The zero-order valence-corrected chi connectivity index (χ0v) is 18.8. The molecular weight excluding hydrogens is 444 g/mol. The number of aromatic nitrogens is 2. The third-order valence-corrected chi connectivity index (χ3v) is 8.48. The fraction of sp³-hybridized carbons (Fsp3) is 0.217. The molecule has 0 aliphatic carbocycles. The number of nitrogens with one attached hydrogen (secondary N) is 2. The molecule has 32 heavy (non-hydrogen) atoms. The highest BCUT2D eigenvalue weighted by atomic mass is 32.2. The molecule has 4 aromatic rings. The number of thiazole rings is 1. The summed E-state index contributed by atoms with van der Waals surface area (Å²) in [4.78, 5) is 20.9. The van der Waals surface area contributed by atoms with Crippen LogP contribution >= 0.6 is 11.3 Å². The van der Waals surface area contributed by atoms with Crippen LogP contribution in [0, 0.1) is 5.92 Å². The normalized spacial score (nSPS) is 15.8. The topological polar surface area (TPSA) is 95.2 Å². The Labute approximate surface area is 190 Å². The van der Waals surface area contributed by atoms with Gasteiger partial charge in [0.1, 0.15) is 0 Å². The SMILES string of the molecule is O=C(Nc1nc(-c2c[nH]c3ccccc23)cs1)C1CCN(S(=O)(=O)c2ccccc2)CC1. The molecule has 1 saturated heterocycles. The third kappa shape index (κ3) is 3.94. The van der Waals surface area contributed by atoms with E-state index < -0.39 is 10.0 Å². The van der Waals surface area contributed by atoms with Crippen molar-refractivity contribution in [3.8, 4) is 11.3 Å². The number of aromatic amines is 1. The molecule has 0 unspecified atom stereocenters. The number of sulfonamides is 1. The monoisotopic (exact) mass is 466 g/mol. The van der Waals surface area contributed by atoms with Crippen molar-refractivity contribution in [1.82, 2.24) is 14.3 Å². The third-order valence-electron chi connectivity index (χ3n) is 5.81. The summed E-state index contributed by atoms with van der Waals surface area (Å²) in [5, 5.41) is 6.48. The van der Waals surface area contributed by atoms with E-state index in [0.717, 1.165) is 22.2 Å². The molecule has 1 fully saturated rings. The molecule has 2 aromatic carbocycles. The van der Waals surface area contributed by atoms with Gasteiger partial charge in [0.15, 0.2) is 5.13 Å². The highest BCUT2D eigenvalue weighted by molar-refractivity contribution is 7.89. The number of anilines is 1. The lowest BCUT2D eigenvalue weighted by molar-refractivity contribution is -0.120. The lowest BCUT2D eigenvalue weighted by Gasteiger charge is -2.30. The Kier molecular flexibility index (Phi) is 5.54. The maximum Gasteiger partial charge on any atom is 0.243 e. The van der Waals surface area contributed by atoms with Crippen molar-refractivity contribution in [3.05, 3.63) is 66.2 Å². The number of rotatable bonds is 5. The summed E-state index contributed by atoms with van der Waals surface area (Å²) in [5.74, 6) is -0.348. The van der Waals surface area contributed by atoms with Crippen LogP contribution in [0.2, 0.25) is 0 Å². The van der Waals surface area contributed by atoms with E-state index >= 15 is 0 Å². The van der Waals surface area contributed by atoms with Crippen LogP contribution < -0.4 is 5.32 Å². The number of carbonyl (C=O) groups is 1. The zero-order valence-electron chi connectivity index (χ0n) is 17.2. The highest BCUT2D eigenvalue weighted by Gasteiger charge is 2.32. The standard InChI is InChI=1S/C23H22N4O3S2/c28-22(16-10-12-27(13-11-16)32(29,30)17-6-2-1-3-7-17)26-23-25-21(15-31-23)19-14-24-20-9-5-4-8-18(19)20/h1-9,14-16,24H,10-13H2,(H,25,26,28). The molecule has 164 valence electrons. The fourth-order valence-electron chi connectivity index (χ4n) is 4.05. The smallest absolute Gasteiger partial charge is 0.243 e. The second-order valence-electron chi connectivity index (χ2n) is 7.77. The first kappa shape index (κ1) is 20.9. The molecular formula is C23H22N4O3S2. The van der Waals surface area contributed by atoms with E-state index in [1.54, 1.807) is 30.3 Å². The number of carbonyl (C=O) groups excluding carboxylic acids is 1. The van der Waals surface area contributed by atoms with Crippen LogP contribution in [0.1, 0.15) is 12.8 Å². The van der Waals surface area contributed by atoms with Crippen molar-refractivity contribution in [1.29, 1.82) is 0 Å². The van der Waals surface area contributed by atoms with E-state index in [4.69, 9.17) is 0 Å². The van der Waals surface area contributed by atoms with Gasteiger partial charge in [0.2, 0.25) is 15.9 Å². The maximum absolute atomic E-state index is 12.8. The van der Waals surface area contributed by atoms with Crippen molar-refractivity contribution >= 4 is 43.3 Å². The summed E-state index contributed by atoms with van der Waals surface area (Å²) in [6.07, 6.45) is 2.89. The van der Waals surface area contributed by atoms with Crippen LogP contribution in [0.25, 0.3) is 22.2 Å². The maximum atomic E-state index is 12.8. The summed E-state index contributed by atoms with van der Waals surface area (Å²) in [7, 11) is -3.52. The number of fused-ring (bicyclic) bond motifs is 1. The summed E-state index contributed by atoms with van der Waals surface area (Å²) in [6, 6.07) is 16.4. The fourth-order valence-corrected chi connectivity index (χ4v) is 6.25. The Morgan fingerprint density at radius 3 is 2.56 bits per heavy atom. The van der Waals surface area contributed by atoms with E-state index in [-0.39, 0.29) is 16.7 Å². The number of para-hydroxylation sites is 1. The number of piperidine rings is 1. The Hall–Kier alpha value is -3.01. The van der Waals surface area contributed by atoms with Gasteiger partial charge in [-0.1, -0.05) is 36.4 Å². The van der Waals surface area contributed by atoms with Crippen LogP contribution in [0.3, 0.4) is 0 Å². The molecule has 2 aromatic heterocycles. The van der Waals surface area contributed by atoms with Crippen molar-refractivity contribution in [2.75, 3.05) is 18.4 Å². The number of H-pyrrole nitrogens is 1. The van der Waals surface area contributed by atoms with Gasteiger partial charge in [-0.25, -0.2) is 13.4 Å². The number of benzene rings is 2. The van der Waals surface area contributed by atoms with Crippen molar-refractivity contribution < 1.29 is 13.2 Å². The van der Waals surface area contributed by atoms with Gasteiger partial charge in [-0.2, -0.15) is 4.31 Å². The number of hydrogen-bond donors (Lipinski definition) is 2. The lowest BCUT2D eigenvalue weighted by Crippen LogP contribution is -2.41. The number of amides is 1. The van der Waals surface area contributed by atoms with Crippen LogP contribution in [-0.2, 0) is 14.8 Å². The summed E-state index contributed by atoms with van der Waals surface area (Å²) >= 11 is 1.39.